The lowest BCUT2D eigenvalue weighted by Crippen LogP contribution is -2.55. The fourth-order valence-corrected chi connectivity index (χ4v) is 4.44. The Labute approximate surface area is 203 Å². The molecule has 0 aliphatic carbocycles. The Hall–Kier alpha value is -3.51. The first-order valence-corrected chi connectivity index (χ1v) is 11.2. The lowest BCUT2D eigenvalue weighted by Gasteiger charge is -2.43. The smallest absolute Gasteiger partial charge is 0.328 e. The third-order valence-electron chi connectivity index (χ3n) is 6.10. The van der Waals surface area contributed by atoms with Crippen molar-refractivity contribution in [3.63, 3.8) is 0 Å². The highest BCUT2D eigenvalue weighted by molar-refractivity contribution is 5.98. The summed E-state index contributed by atoms with van der Waals surface area (Å²) in [6.45, 7) is 2.57. The molecule has 0 radical (unpaired) electrons. The summed E-state index contributed by atoms with van der Waals surface area (Å²) in [6, 6.07) is 1.06. The molecule has 1 aliphatic heterocycles. The van der Waals surface area contributed by atoms with E-state index in [0.29, 0.717) is 23.7 Å². The van der Waals surface area contributed by atoms with Gasteiger partial charge < -0.3 is 4.90 Å². The molecule has 8 nitrogen and oxygen atoms in total. The minimum absolute atomic E-state index is 0.0521. The number of aryl methyl sites for hydroxylation is 3. The Morgan fingerprint density at radius 1 is 1.19 bits per heavy atom. The van der Waals surface area contributed by atoms with Crippen LogP contribution in [0.15, 0.2) is 30.9 Å². The third-order valence-corrected chi connectivity index (χ3v) is 6.10. The molecule has 3 aromatic rings. The number of nitrogens with zero attached hydrogens (tertiary/aromatic N) is 7. The van der Waals surface area contributed by atoms with Gasteiger partial charge in [0.2, 0.25) is 0 Å². The lowest BCUT2D eigenvalue weighted by atomic mass is 9.85. The van der Waals surface area contributed by atoms with Crippen LogP contribution < -0.4 is 0 Å². The quantitative estimate of drug-likeness (QED) is 0.481. The van der Waals surface area contributed by atoms with Crippen LogP contribution in [0.3, 0.4) is 0 Å². The Kier molecular flexibility index (Phi) is 6.76. The fraction of sp³-hybridized carbons (Fsp3) is 0.478. The number of carbonyl (C=O) groups excluding carboxylic acids is 1. The van der Waals surface area contributed by atoms with E-state index in [2.05, 4.69) is 25.0 Å². The van der Waals surface area contributed by atoms with Crippen LogP contribution in [-0.4, -0.2) is 59.0 Å². The molecule has 1 fully saturated rings. The molecule has 4 rings (SSSR count). The van der Waals surface area contributed by atoms with Crippen LogP contribution in [0.1, 0.15) is 47.3 Å². The van der Waals surface area contributed by atoms with Gasteiger partial charge in [0.25, 0.3) is 11.8 Å². The number of aromatic nitrogens is 6. The van der Waals surface area contributed by atoms with E-state index in [1.807, 2.05) is 0 Å². The number of amides is 1. The average Bonchev–Trinajstić information content (AvgIpc) is 3.18. The second-order valence-corrected chi connectivity index (χ2v) is 9.05. The van der Waals surface area contributed by atoms with Gasteiger partial charge in [-0.05, 0) is 25.3 Å². The molecular formula is C23H24F5N7O. The van der Waals surface area contributed by atoms with Crippen molar-refractivity contribution in [3.8, 4) is 11.4 Å². The minimum atomic E-state index is -4.56. The predicted octanol–water partition coefficient (Wildman–Crippen LogP) is 4.11. The monoisotopic (exact) mass is 509 g/mol. The molecule has 0 aromatic carbocycles. The molecule has 1 saturated heterocycles. The normalized spacial score (nSPS) is 19.9. The van der Waals surface area contributed by atoms with Crippen LogP contribution in [0.4, 0.5) is 22.0 Å². The summed E-state index contributed by atoms with van der Waals surface area (Å²) in [7, 11) is 1.60. The first kappa shape index (κ1) is 25.6. The molecule has 0 unspecified atom stereocenters. The molecule has 4 heterocycles. The van der Waals surface area contributed by atoms with E-state index in [0.717, 1.165) is 4.90 Å². The van der Waals surface area contributed by atoms with Gasteiger partial charge in [0.1, 0.15) is 5.82 Å². The van der Waals surface area contributed by atoms with Gasteiger partial charge in [0.05, 0.1) is 17.7 Å². The fourth-order valence-electron chi connectivity index (χ4n) is 4.44. The summed E-state index contributed by atoms with van der Waals surface area (Å²) >= 11 is 0. The summed E-state index contributed by atoms with van der Waals surface area (Å²) in [5.41, 5.74) is -0.0501. The van der Waals surface area contributed by atoms with Crippen molar-refractivity contribution < 1.29 is 26.7 Å². The van der Waals surface area contributed by atoms with Gasteiger partial charge in [-0.1, -0.05) is 6.92 Å². The van der Waals surface area contributed by atoms with Crippen LogP contribution in [-0.2, 0) is 19.6 Å². The van der Waals surface area contributed by atoms with Crippen LogP contribution in [0, 0.1) is 12.8 Å². The Morgan fingerprint density at radius 3 is 2.53 bits per heavy atom. The van der Waals surface area contributed by atoms with Crippen LogP contribution >= 0.6 is 0 Å². The summed E-state index contributed by atoms with van der Waals surface area (Å²) in [5, 5.41) is 4.22. The van der Waals surface area contributed by atoms with E-state index in [4.69, 9.17) is 0 Å². The molecular weight excluding hydrogens is 485 g/mol. The number of hydrogen-bond donors (Lipinski definition) is 0. The highest BCUT2D eigenvalue weighted by Crippen LogP contribution is 2.37. The first-order valence-electron chi connectivity index (χ1n) is 11.2. The van der Waals surface area contributed by atoms with Gasteiger partial charge in [0, 0.05) is 56.4 Å². The zero-order valence-corrected chi connectivity index (χ0v) is 19.8. The van der Waals surface area contributed by atoms with E-state index >= 15 is 0 Å². The predicted molar refractivity (Wildman–Crippen MR) is 118 cm³/mol. The molecule has 36 heavy (non-hydrogen) atoms. The average molecular weight is 509 g/mol. The molecule has 1 aliphatic rings. The molecule has 0 N–H and O–H groups in total. The van der Waals surface area contributed by atoms with Crippen molar-refractivity contribution in [1.29, 1.82) is 0 Å². The molecule has 2 atom stereocenters. The molecule has 13 heteroatoms. The SMILES string of the molecule is Cc1ccnc(-c2cn(C)nc2C(=O)N2CC(F)(F)C[C@@H](C)[C@H]2CCc2ncc(C(F)(F)F)cn2)n1. The topological polar surface area (TPSA) is 89.7 Å². The van der Waals surface area contributed by atoms with Crippen LogP contribution in [0.2, 0.25) is 0 Å². The van der Waals surface area contributed by atoms with E-state index < -0.39 is 48.5 Å². The maximum atomic E-state index is 14.6. The number of halogens is 5. The molecule has 0 bridgehead atoms. The first-order chi connectivity index (χ1) is 16.8. The molecule has 1 amide bonds. The highest BCUT2D eigenvalue weighted by Gasteiger charge is 2.46. The van der Waals surface area contributed by atoms with Crippen LogP contribution in [0.5, 0.6) is 0 Å². The Bertz CT molecular complexity index is 1240. The van der Waals surface area contributed by atoms with Crippen LogP contribution in [0.25, 0.3) is 11.4 Å². The van der Waals surface area contributed by atoms with Crippen molar-refractivity contribution in [2.45, 2.75) is 51.3 Å². The lowest BCUT2D eigenvalue weighted by molar-refractivity contribution is -0.138. The van der Waals surface area contributed by atoms with Crippen molar-refractivity contribution in [3.05, 3.63) is 53.6 Å². The van der Waals surface area contributed by atoms with Crippen molar-refractivity contribution in [1.82, 2.24) is 34.6 Å². The maximum Gasteiger partial charge on any atom is 0.419 e. The second kappa shape index (κ2) is 9.51. The van der Waals surface area contributed by atoms with Gasteiger partial charge in [-0.25, -0.2) is 28.7 Å². The summed E-state index contributed by atoms with van der Waals surface area (Å²) < 4.78 is 68.9. The van der Waals surface area contributed by atoms with Crippen molar-refractivity contribution in [2.24, 2.45) is 13.0 Å². The largest absolute Gasteiger partial charge is 0.419 e. The molecule has 0 spiro atoms. The second-order valence-electron chi connectivity index (χ2n) is 9.05. The number of carbonyl (C=O) groups is 1. The Balaban J connectivity index is 1.61. The van der Waals surface area contributed by atoms with E-state index in [1.165, 1.54) is 10.9 Å². The Morgan fingerprint density at radius 2 is 1.89 bits per heavy atom. The molecule has 3 aromatic heterocycles. The third kappa shape index (κ3) is 5.49. The van der Waals surface area contributed by atoms with Gasteiger partial charge in [0.15, 0.2) is 11.5 Å². The number of rotatable bonds is 5. The van der Waals surface area contributed by atoms with Gasteiger partial charge in [-0.3, -0.25) is 9.48 Å². The molecule has 0 saturated carbocycles. The van der Waals surface area contributed by atoms with Gasteiger partial charge >= 0.3 is 6.18 Å². The summed E-state index contributed by atoms with van der Waals surface area (Å²) in [5.74, 6) is -4.01. The minimum Gasteiger partial charge on any atom is -0.328 e. The van der Waals surface area contributed by atoms with Crippen molar-refractivity contribution >= 4 is 5.91 Å². The van der Waals surface area contributed by atoms with E-state index in [-0.39, 0.29) is 30.2 Å². The number of piperidine rings is 1. The molecule has 192 valence electrons. The number of likely N-dealkylation sites (tertiary alicyclic amines) is 1. The maximum absolute atomic E-state index is 14.6. The summed E-state index contributed by atoms with van der Waals surface area (Å²) in [4.78, 5) is 30.7. The van der Waals surface area contributed by atoms with Crippen molar-refractivity contribution in [2.75, 3.05) is 6.54 Å². The van der Waals surface area contributed by atoms with E-state index in [9.17, 15) is 26.7 Å². The summed E-state index contributed by atoms with van der Waals surface area (Å²) in [6.07, 6.45) is -0.229. The van der Waals surface area contributed by atoms with Gasteiger partial charge in [-0.15, -0.1) is 0 Å². The number of hydrogen-bond acceptors (Lipinski definition) is 6. The standard InChI is InChI=1S/C23H24F5N7O/c1-13-8-22(24,25)12-35(17(13)4-5-18-30-9-15(10-31-18)23(26,27)28)21(36)19-16(11-34(3)33-19)20-29-7-6-14(2)32-20/h6-7,9-11,13,17H,4-5,8,12H2,1-3H3/t13-,17-/m1/s1. The van der Waals surface area contributed by atoms with E-state index in [1.54, 1.807) is 33.2 Å². The zero-order chi connectivity index (χ0) is 26.3. The highest BCUT2D eigenvalue weighted by atomic mass is 19.4. The number of alkyl halides is 5. The van der Waals surface area contributed by atoms with Gasteiger partial charge in [-0.2, -0.15) is 18.3 Å². The zero-order valence-electron chi connectivity index (χ0n) is 19.8.